The van der Waals surface area contributed by atoms with Gasteiger partial charge in [0.05, 0.1) is 17.1 Å². The van der Waals surface area contributed by atoms with E-state index in [2.05, 4.69) is 47.2 Å². The Morgan fingerprint density at radius 3 is 2.65 bits per heavy atom. The summed E-state index contributed by atoms with van der Waals surface area (Å²) in [7, 11) is 0. The summed E-state index contributed by atoms with van der Waals surface area (Å²) in [6.45, 7) is 2.15. The van der Waals surface area contributed by atoms with Crippen LogP contribution in [0.1, 0.15) is 29.9 Å². The predicted molar refractivity (Wildman–Crippen MR) is 82.5 cm³/mol. The number of fused-ring (bicyclic) bond motifs is 1. The van der Waals surface area contributed by atoms with Crippen LogP contribution in [0.15, 0.2) is 48.5 Å². The van der Waals surface area contributed by atoms with Gasteiger partial charge in [-0.2, -0.15) is 0 Å². The van der Waals surface area contributed by atoms with Crippen LogP contribution in [-0.4, -0.2) is 9.97 Å². The Bertz CT molecular complexity index is 701. The molecule has 0 radical (unpaired) electrons. The van der Waals surface area contributed by atoms with Crippen LogP contribution >= 0.6 is 0 Å². The normalized spacial score (nSPS) is 12.7. The molecule has 3 heteroatoms. The minimum atomic E-state index is -0.102. The summed E-state index contributed by atoms with van der Waals surface area (Å²) >= 11 is 0. The quantitative estimate of drug-likeness (QED) is 0.760. The van der Waals surface area contributed by atoms with E-state index in [4.69, 9.17) is 5.73 Å². The molecule has 0 bridgehead atoms. The predicted octanol–water partition coefficient (Wildman–Crippen LogP) is 3.37. The molecule has 3 rings (SSSR count). The summed E-state index contributed by atoms with van der Waals surface area (Å²) in [5.41, 5.74) is 10.9. The van der Waals surface area contributed by atoms with E-state index < -0.39 is 0 Å². The van der Waals surface area contributed by atoms with Crippen LogP contribution in [0.25, 0.3) is 11.0 Å². The van der Waals surface area contributed by atoms with Crippen LogP contribution < -0.4 is 5.73 Å². The average Bonchev–Trinajstić information content (AvgIpc) is 2.91. The van der Waals surface area contributed by atoms with E-state index in [-0.39, 0.29) is 6.04 Å². The second-order valence-electron chi connectivity index (χ2n) is 5.12. The smallest absolute Gasteiger partial charge is 0.124 e. The lowest BCUT2D eigenvalue weighted by Gasteiger charge is -2.08. The molecule has 1 aromatic heterocycles. The molecule has 3 nitrogen and oxygen atoms in total. The third kappa shape index (κ3) is 2.58. The van der Waals surface area contributed by atoms with E-state index in [0.29, 0.717) is 0 Å². The second-order valence-corrected chi connectivity index (χ2v) is 5.12. The van der Waals surface area contributed by atoms with E-state index in [1.807, 2.05) is 18.2 Å². The van der Waals surface area contributed by atoms with Crippen molar-refractivity contribution in [2.45, 2.75) is 25.8 Å². The Morgan fingerprint density at radius 2 is 1.90 bits per heavy atom. The molecule has 1 heterocycles. The highest BCUT2D eigenvalue weighted by Gasteiger charge is 2.12. The van der Waals surface area contributed by atoms with Gasteiger partial charge in [0, 0.05) is 0 Å². The molecule has 0 saturated carbocycles. The standard InChI is InChI=1S/C17H19N3/c1-2-12-8-9-15-16(11-12)20-17(19-15)14(18)10-13-6-4-3-5-7-13/h3-9,11,14H,2,10,18H2,1H3,(H,19,20). The van der Waals surface area contributed by atoms with Crippen LogP contribution in [0.5, 0.6) is 0 Å². The molecule has 1 atom stereocenters. The van der Waals surface area contributed by atoms with Crippen LogP contribution in [0, 0.1) is 0 Å². The van der Waals surface area contributed by atoms with Crippen molar-refractivity contribution in [2.24, 2.45) is 5.73 Å². The molecule has 0 aliphatic carbocycles. The first-order valence-corrected chi connectivity index (χ1v) is 7.04. The number of nitrogens with one attached hydrogen (secondary N) is 1. The molecular formula is C17H19N3. The number of rotatable bonds is 4. The number of hydrogen-bond donors (Lipinski definition) is 2. The lowest BCUT2D eigenvalue weighted by Crippen LogP contribution is -2.14. The molecule has 0 aliphatic rings. The van der Waals surface area contributed by atoms with Crippen molar-refractivity contribution in [2.75, 3.05) is 0 Å². The Kier molecular flexibility index (Phi) is 3.52. The summed E-state index contributed by atoms with van der Waals surface area (Å²) in [4.78, 5) is 7.96. The van der Waals surface area contributed by atoms with Gasteiger partial charge < -0.3 is 10.7 Å². The first-order valence-electron chi connectivity index (χ1n) is 7.04. The topological polar surface area (TPSA) is 54.7 Å². The number of imidazole rings is 1. The highest BCUT2D eigenvalue weighted by Crippen LogP contribution is 2.19. The Labute approximate surface area is 118 Å². The molecule has 2 aromatic carbocycles. The number of H-pyrrole nitrogens is 1. The molecule has 3 N–H and O–H groups in total. The number of aromatic nitrogens is 2. The maximum absolute atomic E-state index is 6.27. The van der Waals surface area contributed by atoms with Crippen molar-refractivity contribution in [3.63, 3.8) is 0 Å². The van der Waals surface area contributed by atoms with Gasteiger partial charge >= 0.3 is 0 Å². The zero-order valence-corrected chi connectivity index (χ0v) is 11.6. The van der Waals surface area contributed by atoms with E-state index in [9.17, 15) is 0 Å². The second kappa shape index (κ2) is 5.47. The minimum Gasteiger partial charge on any atom is -0.341 e. The third-order valence-electron chi connectivity index (χ3n) is 3.62. The summed E-state index contributed by atoms with van der Waals surface area (Å²) in [5.74, 6) is 0.858. The summed E-state index contributed by atoms with van der Waals surface area (Å²) < 4.78 is 0. The first-order chi connectivity index (χ1) is 9.76. The van der Waals surface area contributed by atoms with Crippen molar-refractivity contribution >= 4 is 11.0 Å². The zero-order valence-electron chi connectivity index (χ0n) is 11.6. The van der Waals surface area contributed by atoms with E-state index in [1.165, 1.54) is 11.1 Å². The number of aromatic amines is 1. The Morgan fingerprint density at radius 1 is 1.10 bits per heavy atom. The highest BCUT2D eigenvalue weighted by molar-refractivity contribution is 5.76. The molecule has 0 aliphatic heterocycles. The van der Waals surface area contributed by atoms with Crippen molar-refractivity contribution in [3.05, 3.63) is 65.5 Å². The molecule has 0 spiro atoms. The molecule has 0 amide bonds. The first kappa shape index (κ1) is 12.9. The van der Waals surface area contributed by atoms with Crippen LogP contribution in [0.2, 0.25) is 0 Å². The van der Waals surface area contributed by atoms with Crippen molar-refractivity contribution in [1.82, 2.24) is 9.97 Å². The third-order valence-corrected chi connectivity index (χ3v) is 3.62. The fraction of sp³-hybridized carbons (Fsp3) is 0.235. The van der Waals surface area contributed by atoms with Crippen LogP contribution in [0.3, 0.4) is 0 Å². The fourth-order valence-electron chi connectivity index (χ4n) is 2.44. The minimum absolute atomic E-state index is 0.102. The van der Waals surface area contributed by atoms with Gasteiger partial charge in [-0.15, -0.1) is 0 Å². The molecule has 3 aromatic rings. The maximum atomic E-state index is 6.27. The monoisotopic (exact) mass is 265 g/mol. The van der Waals surface area contributed by atoms with E-state index in [1.54, 1.807) is 0 Å². The van der Waals surface area contributed by atoms with Crippen molar-refractivity contribution < 1.29 is 0 Å². The zero-order chi connectivity index (χ0) is 13.9. The summed E-state index contributed by atoms with van der Waals surface area (Å²) in [6, 6.07) is 16.5. The van der Waals surface area contributed by atoms with Crippen molar-refractivity contribution in [3.8, 4) is 0 Å². The number of hydrogen-bond acceptors (Lipinski definition) is 2. The highest BCUT2D eigenvalue weighted by atomic mass is 15.0. The van der Waals surface area contributed by atoms with Gasteiger partial charge in [-0.3, -0.25) is 0 Å². The summed E-state index contributed by atoms with van der Waals surface area (Å²) in [5, 5.41) is 0. The molecule has 0 saturated heterocycles. The summed E-state index contributed by atoms with van der Waals surface area (Å²) in [6.07, 6.45) is 1.82. The van der Waals surface area contributed by atoms with Gasteiger partial charge in [0.2, 0.25) is 0 Å². The van der Waals surface area contributed by atoms with Gasteiger partial charge in [0.25, 0.3) is 0 Å². The largest absolute Gasteiger partial charge is 0.341 e. The van der Waals surface area contributed by atoms with Crippen molar-refractivity contribution in [1.29, 1.82) is 0 Å². The van der Waals surface area contributed by atoms with Crippen LogP contribution in [0.4, 0.5) is 0 Å². The Balaban J connectivity index is 1.86. The molecular weight excluding hydrogens is 246 g/mol. The number of benzene rings is 2. The lowest BCUT2D eigenvalue weighted by molar-refractivity contribution is 0.680. The molecule has 0 fully saturated rings. The number of nitrogens with zero attached hydrogens (tertiary/aromatic N) is 1. The molecule has 1 unspecified atom stereocenters. The molecule has 20 heavy (non-hydrogen) atoms. The van der Waals surface area contributed by atoms with Gasteiger partial charge in [0.1, 0.15) is 5.82 Å². The van der Waals surface area contributed by atoms with Gasteiger partial charge in [-0.1, -0.05) is 43.3 Å². The van der Waals surface area contributed by atoms with E-state index >= 15 is 0 Å². The lowest BCUT2D eigenvalue weighted by atomic mass is 10.1. The van der Waals surface area contributed by atoms with Gasteiger partial charge in [-0.25, -0.2) is 4.98 Å². The number of nitrogens with two attached hydrogens (primary N) is 1. The Hall–Kier alpha value is -2.13. The fourth-order valence-corrected chi connectivity index (χ4v) is 2.44. The van der Waals surface area contributed by atoms with E-state index in [0.717, 1.165) is 29.7 Å². The van der Waals surface area contributed by atoms with Gasteiger partial charge in [0.15, 0.2) is 0 Å². The molecule has 102 valence electrons. The number of aryl methyl sites for hydroxylation is 1. The van der Waals surface area contributed by atoms with Gasteiger partial charge in [-0.05, 0) is 36.1 Å². The average molecular weight is 265 g/mol. The maximum Gasteiger partial charge on any atom is 0.124 e. The van der Waals surface area contributed by atoms with Crippen LogP contribution in [-0.2, 0) is 12.8 Å². The SMILES string of the molecule is CCc1ccc2nc(C(N)Cc3ccccc3)[nH]c2c1.